The molecule has 0 aliphatic rings. The first-order chi connectivity index (χ1) is 13.7. The lowest BCUT2D eigenvalue weighted by Crippen LogP contribution is -2.42. The quantitative estimate of drug-likeness (QED) is 0.532. The second-order valence-corrected chi connectivity index (χ2v) is 7.48. The Kier molecular flexibility index (Phi) is 4.29. The molecule has 29 heavy (non-hydrogen) atoms. The van der Waals surface area contributed by atoms with Crippen LogP contribution in [0.3, 0.4) is 0 Å². The van der Waals surface area contributed by atoms with Crippen LogP contribution in [-0.2, 0) is 11.8 Å². The van der Waals surface area contributed by atoms with Gasteiger partial charge in [-0.2, -0.15) is 4.98 Å². The van der Waals surface area contributed by atoms with Gasteiger partial charge in [-0.05, 0) is 33.3 Å². The van der Waals surface area contributed by atoms with Gasteiger partial charge in [0.25, 0.3) is 5.56 Å². The van der Waals surface area contributed by atoms with Gasteiger partial charge in [-0.25, -0.2) is 9.36 Å². The fourth-order valence-electron chi connectivity index (χ4n) is 3.88. The molecule has 4 rings (SSSR count). The van der Waals surface area contributed by atoms with Gasteiger partial charge in [0, 0.05) is 18.9 Å². The number of carbonyl (C=O) groups excluding carboxylic acids is 1. The van der Waals surface area contributed by atoms with Crippen LogP contribution in [-0.4, -0.2) is 28.9 Å². The van der Waals surface area contributed by atoms with Gasteiger partial charge in [0.05, 0.1) is 12.1 Å². The highest BCUT2D eigenvalue weighted by Crippen LogP contribution is 2.25. The summed E-state index contributed by atoms with van der Waals surface area (Å²) in [4.78, 5) is 42.5. The Labute approximate surface area is 166 Å². The fourth-order valence-corrected chi connectivity index (χ4v) is 3.88. The molecule has 0 saturated carbocycles. The lowest BCUT2D eigenvalue weighted by molar-refractivity contribution is -0.119. The Bertz CT molecular complexity index is 1370. The van der Waals surface area contributed by atoms with E-state index in [1.54, 1.807) is 18.4 Å². The number of nitrogens with zero attached hydrogens (tertiary/aromatic N) is 5. The zero-order valence-corrected chi connectivity index (χ0v) is 17.1. The van der Waals surface area contributed by atoms with Crippen LogP contribution in [0.4, 0.5) is 0 Å². The van der Waals surface area contributed by atoms with Crippen LogP contribution in [0.2, 0.25) is 0 Å². The van der Waals surface area contributed by atoms with Crippen molar-refractivity contribution in [2.75, 3.05) is 0 Å². The van der Waals surface area contributed by atoms with Crippen molar-refractivity contribution in [1.82, 2.24) is 23.1 Å². The lowest BCUT2D eigenvalue weighted by Gasteiger charge is -2.16. The van der Waals surface area contributed by atoms with Gasteiger partial charge < -0.3 is 4.57 Å². The Balaban J connectivity index is 2.08. The van der Waals surface area contributed by atoms with Crippen LogP contribution in [0.5, 0.6) is 0 Å². The molecule has 2 atom stereocenters. The summed E-state index contributed by atoms with van der Waals surface area (Å²) < 4.78 is 6.09. The zero-order chi connectivity index (χ0) is 21.0. The SMILES string of the molecule is CC(=O)[C@@H](C)n1c(=O)c2c(nc3n([C@@H](C)c4ccccc4)c(C)cn23)n(C)c1=O. The van der Waals surface area contributed by atoms with E-state index in [4.69, 9.17) is 0 Å². The Morgan fingerprint density at radius 3 is 2.34 bits per heavy atom. The van der Waals surface area contributed by atoms with Crippen molar-refractivity contribution in [1.29, 1.82) is 0 Å². The molecule has 0 fully saturated rings. The summed E-state index contributed by atoms with van der Waals surface area (Å²) in [6, 6.07) is 9.15. The summed E-state index contributed by atoms with van der Waals surface area (Å²) in [5.74, 6) is 0.324. The molecular formula is C21H23N5O3. The van der Waals surface area contributed by atoms with E-state index in [1.807, 2.05) is 48.0 Å². The van der Waals surface area contributed by atoms with Gasteiger partial charge in [0.2, 0.25) is 5.78 Å². The van der Waals surface area contributed by atoms with Crippen molar-refractivity contribution < 1.29 is 4.79 Å². The van der Waals surface area contributed by atoms with E-state index >= 15 is 0 Å². The third kappa shape index (κ3) is 2.66. The van der Waals surface area contributed by atoms with E-state index in [0.29, 0.717) is 11.4 Å². The van der Waals surface area contributed by atoms with Crippen LogP contribution in [0.1, 0.15) is 44.1 Å². The molecule has 0 unspecified atom stereocenters. The molecule has 3 aromatic heterocycles. The van der Waals surface area contributed by atoms with E-state index in [1.165, 1.54) is 11.5 Å². The number of hydrogen-bond donors (Lipinski definition) is 0. The molecule has 0 bridgehead atoms. The average Bonchev–Trinajstić information content (AvgIpc) is 3.21. The monoisotopic (exact) mass is 393 g/mol. The van der Waals surface area contributed by atoms with Crippen molar-refractivity contribution in [2.45, 2.75) is 39.8 Å². The maximum atomic E-state index is 13.2. The molecule has 0 saturated heterocycles. The summed E-state index contributed by atoms with van der Waals surface area (Å²) >= 11 is 0. The Hall–Kier alpha value is -3.42. The predicted molar refractivity (Wildman–Crippen MR) is 111 cm³/mol. The molecule has 8 nitrogen and oxygen atoms in total. The van der Waals surface area contributed by atoms with Crippen LogP contribution in [0.15, 0.2) is 46.1 Å². The Morgan fingerprint density at radius 2 is 1.72 bits per heavy atom. The van der Waals surface area contributed by atoms with Crippen molar-refractivity contribution in [3.63, 3.8) is 0 Å². The number of Topliss-reactive ketones (excluding diaryl/α,β-unsaturated/α-hetero) is 1. The minimum absolute atomic E-state index is 0.0130. The van der Waals surface area contributed by atoms with Gasteiger partial charge >= 0.3 is 5.69 Å². The highest BCUT2D eigenvalue weighted by molar-refractivity contribution is 5.80. The van der Waals surface area contributed by atoms with Crippen molar-refractivity contribution >= 4 is 22.7 Å². The first kappa shape index (κ1) is 18.9. The minimum Gasteiger partial charge on any atom is -0.307 e. The molecular weight excluding hydrogens is 370 g/mol. The largest absolute Gasteiger partial charge is 0.333 e. The number of hydrogen-bond acceptors (Lipinski definition) is 4. The first-order valence-electron chi connectivity index (χ1n) is 9.50. The second kappa shape index (κ2) is 6.58. The number of fused-ring (bicyclic) bond motifs is 3. The summed E-state index contributed by atoms with van der Waals surface area (Å²) in [5.41, 5.74) is 1.57. The smallest absolute Gasteiger partial charge is 0.307 e. The molecule has 3 heterocycles. The minimum atomic E-state index is -0.845. The predicted octanol–water partition coefficient (Wildman–Crippen LogP) is 2.22. The normalized spacial score (nSPS) is 13.8. The molecule has 0 radical (unpaired) electrons. The van der Waals surface area contributed by atoms with Crippen LogP contribution >= 0.6 is 0 Å². The molecule has 0 spiro atoms. The van der Waals surface area contributed by atoms with Crippen molar-refractivity contribution in [3.8, 4) is 0 Å². The standard InChI is InChI=1S/C21H23N5O3/c1-12-11-24-17-18(23(5)21(29)26(19(17)28)13(2)15(4)27)22-20(24)25(12)14(3)16-9-7-6-8-10-16/h6-11,13-14H,1-5H3/t13-,14+/m1/s1. The maximum absolute atomic E-state index is 13.2. The van der Waals surface area contributed by atoms with Gasteiger partial charge in [-0.15, -0.1) is 0 Å². The Morgan fingerprint density at radius 1 is 1.07 bits per heavy atom. The molecule has 0 aliphatic heterocycles. The summed E-state index contributed by atoms with van der Waals surface area (Å²) in [6.45, 7) is 6.95. The molecule has 150 valence electrons. The zero-order valence-electron chi connectivity index (χ0n) is 17.1. The number of carbonyl (C=O) groups is 1. The average molecular weight is 393 g/mol. The van der Waals surface area contributed by atoms with E-state index in [0.717, 1.165) is 15.8 Å². The number of ketones is 1. The molecule has 1 aromatic carbocycles. The fraction of sp³-hybridized carbons (Fsp3) is 0.333. The van der Waals surface area contributed by atoms with Crippen LogP contribution < -0.4 is 11.2 Å². The van der Waals surface area contributed by atoms with E-state index in [2.05, 4.69) is 11.9 Å². The van der Waals surface area contributed by atoms with Crippen molar-refractivity contribution in [3.05, 3.63) is 68.6 Å². The molecule has 0 N–H and O–H groups in total. The third-order valence-corrected chi connectivity index (χ3v) is 5.66. The van der Waals surface area contributed by atoms with Crippen molar-refractivity contribution in [2.24, 2.45) is 7.05 Å². The second-order valence-electron chi connectivity index (χ2n) is 7.48. The molecule has 0 amide bonds. The molecule has 4 aromatic rings. The van der Waals surface area contributed by atoms with Gasteiger partial charge in [0.1, 0.15) is 0 Å². The summed E-state index contributed by atoms with van der Waals surface area (Å²) in [6.07, 6.45) is 1.85. The lowest BCUT2D eigenvalue weighted by atomic mass is 10.1. The number of rotatable bonds is 4. The van der Waals surface area contributed by atoms with E-state index in [9.17, 15) is 14.4 Å². The van der Waals surface area contributed by atoms with Gasteiger partial charge in [0.15, 0.2) is 16.9 Å². The number of aromatic nitrogens is 5. The summed E-state index contributed by atoms with van der Waals surface area (Å²) in [5, 5.41) is 0. The maximum Gasteiger partial charge on any atom is 0.333 e. The number of aryl methyl sites for hydroxylation is 2. The summed E-state index contributed by atoms with van der Waals surface area (Å²) in [7, 11) is 1.57. The van der Waals surface area contributed by atoms with Gasteiger partial charge in [-0.3, -0.25) is 18.6 Å². The number of imidazole rings is 2. The molecule has 8 heteroatoms. The first-order valence-corrected chi connectivity index (χ1v) is 9.50. The third-order valence-electron chi connectivity index (χ3n) is 5.66. The number of benzene rings is 1. The van der Waals surface area contributed by atoms with E-state index < -0.39 is 17.3 Å². The van der Waals surface area contributed by atoms with Gasteiger partial charge in [-0.1, -0.05) is 30.3 Å². The molecule has 0 aliphatic carbocycles. The van der Waals surface area contributed by atoms with E-state index in [-0.39, 0.29) is 17.3 Å². The van der Waals surface area contributed by atoms with Crippen LogP contribution in [0, 0.1) is 6.92 Å². The highest BCUT2D eigenvalue weighted by Gasteiger charge is 2.25. The highest BCUT2D eigenvalue weighted by atomic mass is 16.2. The topological polar surface area (TPSA) is 83.3 Å². The van der Waals surface area contributed by atoms with Crippen LogP contribution in [0.25, 0.3) is 16.9 Å².